The van der Waals surface area contributed by atoms with Gasteiger partial charge >= 0.3 is 0 Å². The number of nitrogens with two attached hydrogens (primary N) is 1. The zero-order chi connectivity index (χ0) is 11.7. The maximum Gasteiger partial charge on any atom is 0.185 e. The van der Waals surface area contributed by atoms with Crippen molar-refractivity contribution in [2.75, 3.05) is 18.5 Å². The summed E-state index contributed by atoms with van der Waals surface area (Å²) in [5, 5.41) is 1.14. The minimum atomic E-state index is 0.620. The molecule has 0 spiro atoms. The number of rotatable bonds is 5. The summed E-state index contributed by atoms with van der Waals surface area (Å²) >= 11 is 1.75. The molecule has 90 valence electrons. The fourth-order valence-electron chi connectivity index (χ4n) is 2.05. The van der Waals surface area contributed by atoms with Crippen molar-refractivity contribution in [1.29, 1.82) is 0 Å². The first-order valence-electron chi connectivity index (χ1n) is 6.05. The van der Waals surface area contributed by atoms with Gasteiger partial charge in [-0.2, -0.15) is 0 Å². The van der Waals surface area contributed by atoms with Crippen LogP contribution in [0.2, 0.25) is 0 Å². The first kappa shape index (κ1) is 11.9. The average molecular weight is 239 g/mol. The first-order valence-corrected chi connectivity index (χ1v) is 6.87. The highest BCUT2D eigenvalue weighted by molar-refractivity contribution is 7.15. The van der Waals surface area contributed by atoms with Crippen LogP contribution in [0.15, 0.2) is 0 Å². The zero-order valence-electron chi connectivity index (χ0n) is 10.4. The van der Waals surface area contributed by atoms with Crippen LogP contribution < -0.4 is 10.6 Å². The van der Waals surface area contributed by atoms with E-state index in [-0.39, 0.29) is 0 Å². The van der Waals surface area contributed by atoms with Gasteiger partial charge in [0.1, 0.15) is 0 Å². The molecule has 1 aromatic rings. The molecule has 16 heavy (non-hydrogen) atoms. The third kappa shape index (κ3) is 2.38. The highest BCUT2D eigenvalue weighted by Crippen LogP contribution is 2.39. The summed E-state index contributed by atoms with van der Waals surface area (Å²) in [6.07, 6.45) is 2.36. The molecule has 1 fully saturated rings. The molecule has 1 heterocycles. The van der Waals surface area contributed by atoms with E-state index in [9.17, 15) is 0 Å². The van der Waals surface area contributed by atoms with Crippen molar-refractivity contribution in [2.24, 2.45) is 17.6 Å². The van der Waals surface area contributed by atoms with Gasteiger partial charge in [0.05, 0.1) is 5.69 Å². The van der Waals surface area contributed by atoms with Crippen LogP contribution in [0, 0.1) is 11.8 Å². The Morgan fingerprint density at radius 1 is 1.56 bits per heavy atom. The van der Waals surface area contributed by atoms with E-state index in [4.69, 9.17) is 5.73 Å². The lowest BCUT2D eigenvalue weighted by Gasteiger charge is -2.14. The third-order valence-corrected chi connectivity index (χ3v) is 4.63. The van der Waals surface area contributed by atoms with Gasteiger partial charge in [-0.05, 0) is 24.7 Å². The molecule has 2 atom stereocenters. The second-order valence-corrected chi connectivity index (χ2v) is 5.84. The van der Waals surface area contributed by atoms with Crippen molar-refractivity contribution < 1.29 is 0 Å². The Bertz CT molecular complexity index is 340. The van der Waals surface area contributed by atoms with Crippen LogP contribution in [0.1, 0.15) is 30.8 Å². The number of aryl methyl sites for hydroxylation is 1. The molecule has 1 aliphatic carbocycles. The summed E-state index contributed by atoms with van der Waals surface area (Å²) in [5.74, 6) is 1.78. The Morgan fingerprint density at radius 2 is 2.25 bits per heavy atom. The van der Waals surface area contributed by atoms with Crippen LogP contribution in [0.25, 0.3) is 0 Å². The highest BCUT2D eigenvalue weighted by atomic mass is 32.1. The molecule has 2 N–H and O–H groups in total. The fourth-order valence-corrected chi connectivity index (χ4v) is 3.05. The summed E-state index contributed by atoms with van der Waals surface area (Å²) in [7, 11) is 2.14. The largest absolute Gasteiger partial charge is 0.351 e. The maximum atomic E-state index is 5.73. The Balaban J connectivity index is 2.04. The minimum Gasteiger partial charge on any atom is -0.351 e. The lowest BCUT2D eigenvalue weighted by molar-refractivity contribution is 0.723. The summed E-state index contributed by atoms with van der Waals surface area (Å²) < 4.78 is 0. The number of hydrogen-bond donors (Lipinski definition) is 1. The van der Waals surface area contributed by atoms with Crippen LogP contribution in [-0.2, 0) is 13.0 Å². The molecule has 0 aliphatic heterocycles. The quantitative estimate of drug-likeness (QED) is 0.857. The second kappa shape index (κ2) is 4.72. The van der Waals surface area contributed by atoms with Crippen LogP contribution in [0.3, 0.4) is 0 Å². The molecule has 0 saturated heterocycles. The molecule has 0 bridgehead atoms. The van der Waals surface area contributed by atoms with Gasteiger partial charge in [0, 0.05) is 25.0 Å². The van der Waals surface area contributed by atoms with E-state index in [1.807, 2.05) is 0 Å². The Hall–Kier alpha value is -0.610. The lowest BCUT2D eigenvalue weighted by atomic mass is 10.3. The van der Waals surface area contributed by atoms with Crippen molar-refractivity contribution in [3.63, 3.8) is 0 Å². The topological polar surface area (TPSA) is 42.2 Å². The summed E-state index contributed by atoms with van der Waals surface area (Å²) in [5.41, 5.74) is 6.91. The van der Waals surface area contributed by atoms with Crippen molar-refractivity contribution in [3.05, 3.63) is 10.6 Å². The van der Waals surface area contributed by atoms with Crippen molar-refractivity contribution in [2.45, 2.75) is 33.2 Å². The van der Waals surface area contributed by atoms with Gasteiger partial charge in [-0.25, -0.2) is 4.98 Å². The number of aromatic nitrogens is 1. The molecule has 1 aromatic heterocycles. The summed E-state index contributed by atoms with van der Waals surface area (Å²) in [6.45, 7) is 6.22. The molecule has 0 aromatic carbocycles. The smallest absolute Gasteiger partial charge is 0.185 e. The Labute approximate surface area is 102 Å². The average Bonchev–Trinajstić information content (AvgIpc) is 2.84. The molecule has 3 nitrogen and oxygen atoms in total. The predicted molar refractivity (Wildman–Crippen MR) is 69.9 cm³/mol. The van der Waals surface area contributed by atoms with Crippen molar-refractivity contribution in [3.8, 4) is 0 Å². The molecule has 0 amide bonds. The van der Waals surface area contributed by atoms with Crippen molar-refractivity contribution >= 4 is 16.5 Å². The SMILES string of the molecule is CCc1nc(N(C)CC2CC2C)sc1CN. The van der Waals surface area contributed by atoms with Gasteiger partial charge in [0.2, 0.25) is 0 Å². The van der Waals surface area contributed by atoms with Crippen molar-refractivity contribution in [1.82, 2.24) is 4.98 Å². The van der Waals surface area contributed by atoms with Crippen LogP contribution in [0.4, 0.5) is 5.13 Å². The molecule has 2 unspecified atom stereocenters. The number of anilines is 1. The van der Waals surface area contributed by atoms with E-state index in [0.717, 1.165) is 29.9 Å². The van der Waals surface area contributed by atoms with E-state index in [0.29, 0.717) is 6.54 Å². The van der Waals surface area contributed by atoms with E-state index in [2.05, 4.69) is 30.8 Å². The summed E-state index contributed by atoms with van der Waals surface area (Å²) in [4.78, 5) is 8.20. The molecule has 1 aliphatic rings. The first-order chi connectivity index (χ1) is 7.65. The highest BCUT2D eigenvalue weighted by Gasteiger charge is 2.33. The van der Waals surface area contributed by atoms with Crippen LogP contribution >= 0.6 is 11.3 Å². The number of thiazole rings is 1. The van der Waals surface area contributed by atoms with Gasteiger partial charge in [0.25, 0.3) is 0 Å². The molecular formula is C12H21N3S. The molecule has 2 rings (SSSR count). The van der Waals surface area contributed by atoms with E-state index in [1.54, 1.807) is 11.3 Å². The van der Waals surface area contributed by atoms with Gasteiger partial charge in [0.15, 0.2) is 5.13 Å². The minimum absolute atomic E-state index is 0.620. The molecule has 0 radical (unpaired) electrons. The summed E-state index contributed by atoms with van der Waals surface area (Å²) in [6, 6.07) is 0. The standard InChI is InChI=1S/C12H21N3S/c1-4-10-11(6-13)16-12(14-10)15(3)7-9-5-8(9)2/h8-9H,4-7,13H2,1-3H3. The predicted octanol–water partition coefficient (Wildman–Crippen LogP) is 2.26. The van der Waals surface area contributed by atoms with E-state index < -0.39 is 0 Å². The second-order valence-electron chi connectivity index (χ2n) is 4.78. The Morgan fingerprint density at radius 3 is 2.69 bits per heavy atom. The van der Waals surface area contributed by atoms with Crippen LogP contribution in [-0.4, -0.2) is 18.6 Å². The molecule has 1 saturated carbocycles. The monoisotopic (exact) mass is 239 g/mol. The van der Waals surface area contributed by atoms with E-state index >= 15 is 0 Å². The fraction of sp³-hybridized carbons (Fsp3) is 0.750. The number of hydrogen-bond acceptors (Lipinski definition) is 4. The Kier molecular flexibility index (Phi) is 3.50. The van der Waals surface area contributed by atoms with Gasteiger partial charge in [-0.3, -0.25) is 0 Å². The lowest BCUT2D eigenvalue weighted by Crippen LogP contribution is -2.20. The zero-order valence-corrected chi connectivity index (χ0v) is 11.2. The maximum absolute atomic E-state index is 5.73. The van der Waals surface area contributed by atoms with Gasteiger partial charge in [-0.15, -0.1) is 11.3 Å². The normalized spacial score (nSPS) is 23.5. The number of nitrogens with zero attached hydrogens (tertiary/aromatic N) is 2. The third-order valence-electron chi connectivity index (χ3n) is 3.40. The van der Waals surface area contributed by atoms with Gasteiger partial charge in [-0.1, -0.05) is 13.8 Å². The molecule has 4 heteroatoms. The van der Waals surface area contributed by atoms with E-state index in [1.165, 1.54) is 17.0 Å². The van der Waals surface area contributed by atoms with Gasteiger partial charge < -0.3 is 10.6 Å². The van der Waals surface area contributed by atoms with Crippen LogP contribution in [0.5, 0.6) is 0 Å². The molecular weight excluding hydrogens is 218 g/mol.